The summed E-state index contributed by atoms with van der Waals surface area (Å²) < 4.78 is 11.7. The summed E-state index contributed by atoms with van der Waals surface area (Å²) in [5.41, 5.74) is 3.25. The molecule has 122 valence electrons. The fourth-order valence-corrected chi connectivity index (χ4v) is 2.86. The average molecular weight is 431 g/mol. The molecule has 0 aliphatic carbocycles. The van der Waals surface area contributed by atoms with Gasteiger partial charge < -0.3 is 14.4 Å². The molecule has 0 saturated heterocycles. The lowest BCUT2D eigenvalue weighted by Crippen LogP contribution is -2.09. The minimum atomic E-state index is 0.844. The van der Waals surface area contributed by atoms with Crippen molar-refractivity contribution in [3.63, 3.8) is 0 Å². The number of methoxy groups -OCH3 is 2. The molecule has 0 unspecified atom stereocenters. The monoisotopic (exact) mass is 431 g/mol. The Balaban J connectivity index is 2.06. The van der Waals surface area contributed by atoms with Gasteiger partial charge in [-0.05, 0) is 95.4 Å². The predicted molar refractivity (Wildman–Crippen MR) is 107 cm³/mol. The summed E-state index contributed by atoms with van der Waals surface area (Å²) in [5, 5.41) is 0. The van der Waals surface area contributed by atoms with Crippen LogP contribution in [-0.4, -0.2) is 14.2 Å². The quantitative estimate of drug-likeness (QED) is 0.479. The largest absolute Gasteiger partial charge is 0.497 e. The van der Waals surface area contributed by atoms with Crippen molar-refractivity contribution in [2.24, 2.45) is 0 Å². The van der Waals surface area contributed by atoms with E-state index in [2.05, 4.69) is 76.0 Å². The number of hydrogen-bond acceptors (Lipinski definition) is 3. The van der Waals surface area contributed by atoms with Crippen molar-refractivity contribution in [1.82, 2.24) is 0 Å². The average Bonchev–Trinajstić information content (AvgIpc) is 2.64. The topological polar surface area (TPSA) is 21.7 Å². The number of anilines is 3. The normalized spacial score (nSPS) is 10.3. The van der Waals surface area contributed by atoms with E-state index in [-0.39, 0.29) is 0 Å². The van der Waals surface area contributed by atoms with Crippen LogP contribution in [0, 0.1) is 3.57 Å². The minimum absolute atomic E-state index is 0.844. The lowest BCUT2D eigenvalue weighted by atomic mass is 10.2. The molecule has 0 spiro atoms. The lowest BCUT2D eigenvalue weighted by molar-refractivity contribution is 0.415. The summed E-state index contributed by atoms with van der Waals surface area (Å²) in [6.07, 6.45) is 0. The fraction of sp³-hybridized carbons (Fsp3) is 0.100. The second-order valence-electron chi connectivity index (χ2n) is 5.21. The van der Waals surface area contributed by atoms with Gasteiger partial charge in [-0.2, -0.15) is 0 Å². The van der Waals surface area contributed by atoms with E-state index in [1.54, 1.807) is 14.2 Å². The van der Waals surface area contributed by atoms with Gasteiger partial charge in [0.15, 0.2) is 0 Å². The maximum absolute atomic E-state index is 5.27. The number of nitrogens with zero attached hydrogens (tertiary/aromatic N) is 1. The first kappa shape index (κ1) is 16.6. The molecule has 0 saturated carbocycles. The van der Waals surface area contributed by atoms with E-state index in [1.165, 1.54) is 3.57 Å². The highest BCUT2D eigenvalue weighted by Gasteiger charge is 2.12. The summed E-state index contributed by atoms with van der Waals surface area (Å²) in [6, 6.07) is 24.6. The molecule has 24 heavy (non-hydrogen) atoms. The van der Waals surface area contributed by atoms with Crippen LogP contribution in [0.15, 0.2) is 72.8 Å². The summed E-state index contributed by atoms with van der Waals surface area (Å²) >= 11 is 2.32. The number of ether oxygens (including phenoxy) is 2. The SMILES string of the molecule is COc1ccc(N(c2ccc(I)cc2)c2ccc(OC)cc2)cc1. The number of hydrogen-bond donors (Lipinski definition) is 0. The zero-order valence-corrected chi connectivity index (χ0v) is 15.7. The molecular formula is C20H18INO2. The van der Waals surface area contributed by atoms with Crippen molar-refractivity contribution in [3.05, 3.63) is 76.4 Å². The first-order valence-corrected chi connectivity index (χ1v) is 8.63. The van der Waals surface area contributed by atoms with Crippen LogP contribution in [-0.2, 0) is 0 Å². The van der Waals surface area contributed by atoms with Gasteiger partial charge in [0.2, 0.25) is 0 Å². The Hall–Kier alpha value is -2.21. The number of benzene rings is 3. The van der Waals surface area contributed by atoms with Crippen molar-refractivity contribution in [1.29, 1.82) is 0 Å². The van der Waals surface area contributed by atoms with Crippen LogP contribution in [0.3, 0.4) is 0 Å². The third-order valence-corrected chi connectivity index (χ3v) is 4.47. The first-order chi connectivity index (χ1) is 11.7. The maximum atomic E-state index is 5.27. The van der Waals surface area contributed by atoms with E-state index in [0.717, 1.165) is 28.6 Å². The van der Waals surface area contributed by atoms with E-state index in [1.807, 2.05) is 24.3 Å². The molecule has 0 radical (unpaired) electrons. The van der Waals surface area contributed by atoms with Crippen LogP contribution in [0.1, 0.15) is 0 Å². The Morgan fingerprint density at radius 1 is 0.583 bits per heavy atom. The molecule has 0 atom stereocenters. The van der Waals surface area contributed by atoms with Crippen molar-refractivity contribution in [2.75, 3.05) is 19.1 Å². The molecule has 3 rings (SSSR count). The first-order valence-electron chi connectivity index (χ1n) is 7.55. The molecule has 0 aliphatic heterocycles. The highest BCUT2D eigenvalue weighted by molar-refractivity contribution is 14.1. The third-order valence-electron chi connectivity index (χ3n) is 3.75. The van der Waals surface area contributed by atoms with E-state index >= 15 is 0 Å². The van der Waals surface area contributed by atoms with E-state index in [9.17, 15) is 0 Å². The standard InChI is InChI=1S/C20H18INO2/c1-23-19-11-7-17(8-12-19)22(16-5-3-15(21)4-6-16)18-9-13-20(24-2)14-10-18/h3-14H,1-2H3. The van der Waals surface area contributed by atoms with Crippen molar-refractivity contribution in [2.45, 2.75) is 0 Å². The van der Waals surface area contributed by atoms with Gasteiger partial charge in [0.1, 0.15) is 11.5 Å². The Kier molecular flexibility index (Phi) is 5.25. The second-order valence-corrected chi connectivity index (χ2v) is 6.45. The van der Waals surface area contributed by atoms with Gasteiger partial charge in [0.25, 0.3) is 0 Å². The van der Waals surface area contributed by atoms with Crippen LogP contribution in [0.5, 0.6) is 11.5 Å². The Bertz CT molecular complexity index is 736. The van der Waals surface area contributed by atoms with Crippen molar-refractivity contribution >= 4 is 39.7 Å². The summed E-state index contributed by atoms with van der Waals surface area (Å²) in [5.74, 6) is 1.69. The molecule has 0 aliphatic rings. The maximum Gasteiger partial charge on any atom is 0.119 e. The molecule has 0 amide bonds. The molecule has 0 aromatic heterocycles. The molecule has 0 N–H and O–H groups in total. The molecule has 3 nitrogen and oxygen atoms in total. The van der Waals surface area contributed by atoms with Gasteiger partial charge in [0.05, 0.1) is 14.2 Å². The van der Waals surface area contributed by atoms with Crippen LogP contribution in [0.2, 0.25) is 0 Å². The van der Waals surface area contributed by atoms with Gasteiger partial charge in [0, 0.05) is 20.6 Å². The predicted octanol–water partition coefficient (Wildman–Crippen LogP) is 5.78. The molecule has 3 aromatic rings. The van der Waals surface area contributed by atoms with Gasteiger partial charge in [-0.3, -0.25) is 0 Å². The van der Waals surface area contributed by atoms with E-state index in [0.29, 0.717) is 0 Å². The van der Waals surface area contributed by atoms with Crippen molar-refractivity contribution < 1.29 is 9.47 Å². The number of rotatable bonds is 5. The Morgan fingerprint density at radius 2 is 0.917 bits per heavy atom. The second kappa shape index (κ2) is 7.57. The van der Waals surface area contributed by atoms with Crippen LogP contribution >= 0.6 is 22.6 Å². The summed E-state index contributed by atoms with van der Waals surface area (Å²) in [7, 11) is 3.35. The fourth-order valence-electron chi connectivity index (χ4n) is 2.50. The minimum Gasteiger partial charge on any atom is -0.497 e. The number of halogens is 1. The Morgan fingerprint density at radius 3 is 1.25 bits per heavy atom. The zero-order chi connectivity index (χ0) is 16.9. The van der Waals surface area contributed by atoms with Crippen molar-refractivity contribution in [3.8, 4) is 11.5 Å². The van der Waals surface area contributed by atoms with Gasteiger partial charge in [-0.15, -0.1) is 0 Å². The van der Waals surface area contributed by atoms with E-state index in [4.69, 9.17) is 9.47 Å². The summed E-state index contributed by atoms with van der Waals surface area (Å²) in [4.78, 5) is 2.20. The molecule has 0 bridgehead atoms. The highest BCUT2D eigenvalue weighted by atomic mass is 127. The molecular weight excluding hydrogens is 413 g/mol. The van der Waals surface area contributed by atoms with Crippen LogP contribution in [0.25, 0.3) is 0 Å². The molecule has 0 heterocycles. The third kappa shape index (κ3) is 3.64. The molecule has 0 fully saturated rings. The smallest absolute Gasteiger partial charge is 0.119 e. The molecule has 4 heteroatoms. The van der Waals surface area contributed by atoms with Gasteiger partial charge in [-0.1, -0.05) is 0 Å². The lowest BCUT2D eigenvalue weighted by Gasteiger charge is -2.25. The van der Waals surface area contributed by atoms with Crippen LogP contribution < -0.4 is 14.4 Å². The molecule has 3 aromatic carbocycles. The Labute approximate surface area is 156 Å². The summed E-state index contributed by atoms with van der Waals surface area (Å²) in [6.45, 7) is 0. The van der Waals surface area contributed by atoms with Gasteiger partial charge >= 0.3 is 0 Å². The van der Waals surface area contributed by atoms with Gasteiger partial charge in [-0.25, -0.2) is 0 Å². The van der Waals surface area contributed by atoms with E-state index < -0.39 is 0 Å². The van der Waals surface area contributed by atoms with Crippen LogP contribution in [0.4, 0.5) is 17.1 Å². The zero-order valence-electron chi connectivity index (χ0n) is 13.6. The highest BCUT2D eigenvalue weighted by Crippen LogP contribution is 2.36.